The van der Waals surface area contributed by atoms with Crippen molar-refractivity contribution in [1.29, 1.82) is 0 Å². The summed E-state index contributed by atoms with van der Waals surface area (Å²) in [5, 5.41) is 12.2. The predicted octanol–water partition coefficient (Wildman–Crippen LogP) is 1.17. The molecule has 78 valence electrons. The molecule has 0 spiro atoms. The average Bonchev–Trinajstić information content (AvgIpc) is 2.18. The first-order chi connectivity index (χ1) is 6.72. The lowest BCUT2D eigenvalue weighted by Gasteiger charge is -2.07. The van der Waals surface area contributed by atoms with Gasteiger partial charge in [-0.15, -0.1) is 0 Å². The maximum atomic E-state index is 9.03. The van der Waals surface area contributed by atoms with Gasteiger partial charge in [-0.3, -0.25) is 0 Å². The molecule has 3 nitrogen and oxygen atoms in total. The van der Waals surface area contributed by atoms with Gasteiger partial charge < -0.3 is 15.2 Å². The maximum absolute atomic E-state index is 9.03. The summed E-state index contributed by atoms with van der Waals surface area (Å²) in [7, 11) is 1.65. The summed E-state index contributed by atoms with van der Waals surface area (Å²) >= 11 is 0. The van der Waals surface area contributed by atoms with Gasteiger partial charge in [-0.05, 0) is 24.6 Å². The van der Waals surface area contributed by atoms with E-state index in [1.54, 1.807) is 14.0 Å². The molecule has 0 radical (unpaired) electrons. The van der Waals surface area contributed by atoms with Crippen molar-refractivity contribution in [2.24, 2.45) is 0 Å². The van der Waals surface area contributed by atoms with E-state index in [0.717, 1.165) is 12.3 Å². The second kappa shape index (κ2) is 5.62. The molecule has 1 aromatic carbocycles. The van der Waals surface area contributed by atoms with Crippen molar-refractivity contribution in [3.05, 3.63) is 29.8 Å². The fourth-order valence-electron chi connectivity index (χ4n) is 1.17. The summed E-state index contributed by atoms with van der Waals surface area (Å²) in [6, 6.07) is 7.88. The van der Waals surface area contributed by atoms with Crippen molar-refractivity contribution in [3.63, 3.8) is 0 Å². The van der Waals surface area contributed by atoms with Crippen LogP contribution < -0.4 is 10.1 Å². The van der Waals surface area contributed by atoms with Gasteiger partial charge in [0.1, 0.15) is 5.75 Å². The number of aliphatic hydroxyl groups excluding tert-OH is 1. The normalized spacial score (nSPS) is 12.5. The quantitative estimate of drug-likeness (QED) is 0.741. The highest BCUT2D eigenvalue weighted by atomic mass is 16.5. The molecule has 0 saturated heterocycles. The number of rotatable bonds is 5. The Morgan fingerprint density at radius 2 is 2.00 bits per heavy atom. The van der Waals surface area contributed by atoms with E-state index in [0.29, 0.717) is 6.54 Å². The van der Waals surface area contributed by atoms with E-state index in [-0.39, 0.29) is 6.10 Å². The molecule has 1 aromatic rings. The highest BCUT2D eigenvalue weighted by Gasteiger charge is 1.96. The van der Waals surface area contributed by atoms with Crippen molar-refractivity contribution in [2.45, 2.75) is 19.6 Å². The molecule has 14 heavy (non-hydrogen) atoms. The van der Waals surface area contributed by atoms with Gasteiger partial charge in [-0.25, -0.2) is 0 Å². The molecular weight excluding hydrogens is 178 g/mol. The van der Waals surface area contributed by atoms with Gasteiger partial charge in [0.15, 0.2) is 0 Å². The zero-order valence-electron chi connectivity index (χ0n) is 8.66. The second-order valence-corrected chi connectivity index (χ2v) is 3.33. The third-order valence-corrected chi connectivity index (χ3v) is 1.93. The minimum Gasteiger partial charge on any atom is -0.497 e. The van der Waals surface area contributed by atoms with Crippen LogP contribution in [0, 0.1) is 0 Å². The molecule has 2 N–H and O–H groups in total. The average molecular weight is 195 g/mol. The van der Waals surface area contributed by atoms with Crippen LogP contribution in [0.1, 0.15) is 12.5 Å². The number of nitrogens with one attached hydrogen (secondary N) is 1. The monoisotopic (exact) mass is 195 g/mol. The van der Waals surface area contributed by atoms with Crippen molar-refractivity contribution in [2.75, 3.05) is 13.7 Å². The topological polar surface area (TPSA) is 41.5 Å². The van der Waals surface area contributed by atoms with E-state index in [1.165, 1.54) is 5.56 Å². The van der Waals surface area contributed by atoms with Gasteiger partial charge in [0.25, 0.3) is 0 Å². The minimum absolute atomic E-state index is 0.298. The highest BCUT2D eigenvalue weighted by molar-refractivity contribution is 5.26. The lowest BCUT2D eigenvalue weighted by atomic mass is 10.2. The Balaban J connectivity index is 2.36. The SMILES string of the molecule is COc1ccc(CNC[C@H](C)O)cc1. The van der Waals surface area contributed by atoms with Gasteiger partial charge >= 0.3 is 0 Å². The molecule has 0 saturated carbocycles. The standard InChI is InChI=1S/C11H17NO2/c1-9(13)7-12-8-10-3-5-11(14-2)6-4-10/h3-6,9,12-13H,7-8H2,1-2H3/t9-/m0/s1. The number of hydrogen-bond donors (Lipinski definition) is 2. The maximum Gasteiger partial charge on any atom is 0.118 e. The van der Waals surface area contributed by atoms with Crippen LogP contribution in [0.2, 0.25) is 0 Å². The molecule has 1 rings (SSSR count). The third-order valence-electron chi connectivity index (χ3n) is 1.93. The van der Waals surface area contributed by atoms with E-state index < -0.39 is 0 Å². The summed E-state index contributed by atoms with van der Waals surface area (Å²) < 4.78 is 5.05. The van der Waals surface area contributed by atoms with Crippen LogP contribution in [0.25, 0.3) is 0 Å². The lowest BCUT2D eigenvalue weighted by molar-refractivity contribution is 0.191. The molecular formula is C11H17NO2. The van der Waals surface area contributed by atoms with Crippen LogP contribution in [0.15, 0.2) is 24.3 Å². The highest BCUT2D eigenvalue weighted by Crippen LogP contribution is 2.10. The fraction of sp³-hybridized carbons (Fsp3) is 0.455. The Labute approximate surface area is 84.7 Å². The number of hydrogen-bond acceptors (Lipinski definition) is 3. The number of ether oxygens (including phenoxy) is 1. The van der Waals surface area contributed by atoms with Crippen LogP contribution in [0.3, 0.4) is 0 Å². The number of aliphatic hydroxyl groups is 1. The molecule has 0 aromatic heterocycles. The summed E-state index contributed by atoms with van der Waals surface area (Å²) in [6.07, 6.45) is -0.298. The van der Waals surface area contributed by atoms with Crippen molar-refractivity contribution in [1.82, 2.24) is 5.32 Å². The van der Waals surface area contributed by atoms with E-state index >= 15 is 0 Å². The van der Waals surface area contributed by atoms with Gasteiger partial charge in [-0.2, -0.15) is 0 Å². The molecule has 3 heteroatoms. The summed E-state index contributed by atoms with van der Waals surface area (Å²) in [5.74, 6) is 0.865. The van der Waals surface area contributed by atoms with E-state index in [1.807, 2.05) is 24.3 Å². The van der Waals surface area contributed by atoms with Crippen LogP contribution in [-0.2, 0) is 6.54 Å². The molecule has 0 aliphatic rings. The van der Waals surface area contributed by atoms with Gasteiger partial charge in [0.05, 0.1) is 13.2 Å². The summed E-state index contributed by atoms with van der Waals surface area (Å²) in [4.78, 5) is 0. The lowest BCUT2D eigenvalue weighted by Crippen LogP contribution is -2.23. The first-order valence-electron chi connectivity index (χ1n) is 4.74. The van der Waals surface area contributed by atoms with Crippen LogP contribution in [0.4, 0.5) is 0 Å². The Bertz CT molecular complexity index is 256. The molecule has 0 aliphatic heterocycles. The van der Waals surface area contributed by atoms with Crippen LogP contribution >= 0.6 is 0 Å². The molecule has 0 bridgehead atoms. The first kappa shape index (κ1) is 11.0. The molecule has 0 unspecified atom stereocenters. The Morgan fingerprint density at radius 1 is 1.36 bits per heavy atom. The number of methoxy groups -OCH3 is 1. The van der Waals surface area contributed by atoms with Crippen molar-refractivity contribution >= 4 is 0 Å². The predicted molar refractivity (Wildman–Crippen MR) is 56.4 cm³/mol. The summed E-state index contributed by atoms with van der Waals surface area (Å²) in [5.41, 5.74) is 1.19. The largest absolute Gasteiger partial charge is 0.497 e. The van der Waals surface area contributed by atoms with Crippen LogP contribution in [0.5, 0.6) is 5.75 Å². The first-order valence-corrected chi connectivity index (χ1v) is 4.74. The molecule has 0 fully saturated rings. The second-order valence-electron chi connectivity index (χ2n) is 3.33. The van der Waals surface area contributed by atoms with Crippen molar-refractivity contribution < 1.29 is 9.84 Å². The zero-order valence-corrected chi connectivity index (χ0v) is 8.66. The van der Waals surface area contributed by atoms with Gasteiger partial charge in [0, 0.05) is 13.1 Å². The van der Waals surface area contributed by atoms with Crippen molar-refractivity contribution in [3.8, 4) is 5.75 Å². The van der Waals surface area contributed by atoms with E-state index in [4.69, 9.17) is 9.84 Å². The smallest absolute Gasteiger partial charge is 0.118 e. The molecule has 0 amide bonds. The summed E-state index contributed by atoms with van der Waals surface area (Å²) in [6.45, 7) is 3.15. The van der Waals surface area contributed by atoms with E-state index in [9.17, 15) is 0 Å². The minimum atomic E-state index is -0.298. The van der Waals surface area contributed by atoms with Gasteiger partial charge in [0.2, 0.25) is 0 Å². The number of benzene rings is 1. The molecule has 1 atom stereocenters. The molecule has 0 heterocycles. The Hall–Kier alpha value is -1.06. The fourth-order valence-corrected chi connectivity index (χ4v) is 1.17. The van der Waals surface area contributed by atoms with Crippen LogP contribution in [-0.4, -0.2) is 24.9 Å². The van der Waals surface area contributed by atoms with E-state index in [2.05, 4.69) is 5.32 Å². The third kappa shape index (κ3) is 3.77. The van der Waals surface area contributed by atoms with Gasteiger partial charge in [-0.1, -0.05) is 12.1 Å². The molecule has 0 aliphatic carbocycles. The Morgan fingerprint density at radius 3 is 2.50 bits per heavy atom. The zero-order chi connectivity index (χ0) is 10.4. The Kier molecular flexibility index (Phi) is 4.43.